The van der Waals surface area contributed by atoms with Gasteiger partial charge in [0, 0.05) is 16.7 Å². The maximum Gasteiger partial charge on any atom is 0.419 e. The van der Waals surface area contributed by atoms with Crippen molar-refractivity contribution in [3.8, 4) is 17.2 Å². The zero-order valence-corrected chi connectivity index (χ0v) is 77.0. The Labute approximate surface area is 736 Å². The van der Waals surface area contributed by atoms with Crippen LogP contribution in [0.1, 0.15) is 158 Å². The summed E-state index contributed by atoms with van der Waals surface area (Å²) < 4.78 is 299. The zero-order valence-electron chi connectivity index (χ0n) is 72.1. The van der Waals surface area contributed by atoms with E-state index in [1.807, 2.05) is 93.6 Å². The van der Waals surface area contributed by atoms with Gasteiger partial charge >= 0.3 is 28.0 Å². The van der Waals surface area contributed by atoms with E-state index < -0.39 is 151 Å². The molecule has 3 saturated heterocycles. The summed E-state index contributed by atoms with van der Waals surface area (Å²) in [6.07, 6.45) is -14.6. The number of halogens is 11. The van der Waals surface area contributed by atoms with E-state index in [1.54, 1.807) is 84.9 Å². The van der Waals surface area contributed by atoms with Crippen molar-refractivity contribution in [3.05, 3.63) is 252 Å². The summed E-state index contributed by atoms with van der Waals surface area (Å²) in [5, 5.41) is -13.8. The smallest absolute Gasteiger partial charge is 0.419 e. The lowest BCUT2D eigenvalue weighted by Crippen LogP contribution is -2.45. The molecule has 3 heterocycles. The molecule has 18 nitrogen and oxygen atoms in total. The summed E-state index contributed by atoms with van der Waals surface area (Å²) in [6.45, 7) is 30.1. The fourth-order valence-corrected chi connectivity index (χ4v) is 20.9. The van der Waals surface area contributed by atoms with Gasteiger partial charge in [0.15, 0.2) is 116 Å². The molecule has 0 saturated carbocycles. The Kier molecular flexibility index (Phi) is 29.0. The Bertz CT molecular complexity index is 5380. The molecule has 0 aliphatic carbocycles. The highest BCUT2D eigenvalue weighted by Gasteiger charge is 2.62. The zero-order chi connectivity index (χ0) is 93.8. The van der Waals surface area contributed by atoms with Gasteiger partial charge in [-0.3, -0.25) is 4.74 Å². The van der Waals surface area contributed by atoms with Crippen LogP contribution in [0, 0.1) is 0 Å². The van der Waals surface area contributed by atoms with Crippen molar-refractivity contribution < 1.29 is 130 Å². The summed E-state index contributed by atoms with van der Waals surface area (Å²) in [6, 6.07) is 64.9. The molecule has 126 heavy (non-hydrogen) atoms. The molecular formula is C91H99F11O18S6. The highest BCUT2D eigenvalue weighted by atomic mass is 32.2. The minimum atomic E-state index is -5.94. The number of hydrogen-bond donors (Lipinski definition) is 0. The van der Waals surface area contributed by atoms with Crippen LogP contribution in [0.4, 0.5) is 48.3 Å². The Morgan fingerprint density at radius 1 is 0.317 bits per heavy atom. The molecule has 9 aromatic carbocycles. The molecule has 12 rings (SSSR count). The Morgan fingerprint density at radius 2 is 0.524 bits per heavy atom. The molecule has 35 heteroatoms. The quantitative estimate of drug-likeness (QED) is 0.0309. The van der Waals surface area contributed by atoms with Crippen LogP contribution in [0.25, 0.3) is 0 Å². The fraction of sp³-hybridized carbons (Fsp3) is 0.407. The van der Waals surface area contributed by atoms with Crippen LogP contribution in [-0.2, 0) is 125 Å². The molecule has 10 unspecified atom stereocenters. The molecule has 0 bridgehead atoms. The first kappa shape index (κ1) is 100. The lowest BCUT2D eigenvalue weighted by Gasteiger charge is -2.29. The largest absolute Gasteiger partial charge is 0.743 e. The average Bonchev–Trinajstić information content (AvgIpc) is 1.58. The first-order valence-corrected chi connectivity index (χ1v) is 47.3. The maximum absolute atomic E-state index is 14.0. The second kappa shape index (κ2) is 36.5. The summed E-state index contributed by atoms with van der Waals surface area (Å²) in [5.41, 5.74) is 2.08. The van der Waals surface area contributed by atoms with Gasteiger partial charge in [0.2, 0.25) is 0 Å². The molecule has 3 aliphatic heterocycles. The Hall–Kier alpha value is -7.85. The van der Waals surface area contributed by atoms with E-state index in [9.17, 15) is 87.2 Å². The van der Waals surface area contributed by atoms with Crippen molar-refractivity contribution in [2.75, 3.05) is 19.8 Å². The molecule has 10 atom stereocenters. The number of ether oxygens (including phenoxy) is 9. The van der Waals surface area contributed by atoms with Gasteiger partial charge in [-0.25, -0.2) is 25.3 Å². The minimum absolute atomic E-state index is 0.0153. The number of rotatable bonds is 24. The second-order valence-electron chi connectivity index (χ2n) is 34.7. The molecule has 0 amide bonds. The van der Waals surface area contributed by atoms with Gasteiger partial charge in [0.25, 0.3) is 0 Å². The highest BCUT2D eigenvalue weighted by molar-refractivity contribution is 7.97. The van der Waals surface area contributed by atoms with E-state index in [-0.39, 0.29) is 33.5 Å². The maximum atomic E-state index is 14.0. The first-order chi connectivity index (χ1) is 57.7. The Balaban J connectivity index is 0.000000197. The summed E-state index contributed by atoms with van der Waals surface area (Å²) >= 11 is 0. The molecule has 684 valence electrons. The highest BCUT2D eigenvalue weighted by Crippen LogP contribution is 2.49. The van der Waals surface area contributed by atoms with Crippen LogP contribution in [0.5, 0.6) is 17.2 Å². The fourth-order valence-electron chi connectivity index (χ4n) is 13.4. The standard InChI is InChI=1S/C31H33F5O6S2.C31H36F2O6S2.C29H30F4O6S2/c1-20(30(32,33)44(37,38)39)41-23-11-17-26(18-12-23)43(24-13-7-21(8-14-24)27(2,3)4)25-15-9-22(10-16-25)29(6)40-19-28(5,42-29)31(34,35)36;1-21(31(32,33)41(34,35)36)38-24-12-18-27(19-13-24)40(25-14-8-22(9-15-25)28(2,3)4)26-16-10-23(11-17-26)30(7)37-20-29(5,6)39-30;1-19(29(32,33)41(34,35)36)38-22-10-16-25(17-11-22)40(23-12-6-20(7-13-23)26(2,3)4)24-14-8-21(9-15-24)27(5)37-18-28(30,31)39-27/h7-18,20H,19H2,1-6H3;8-19,21H,20H2,1-7H3;6-17,19H,18H2,1-5H3. The molecule has 0 N–H and O–H groups in total. The van der Waals surface area contributed by atoms with Gasteiger partial charge in [0.05, 0.1) is 51.5 Å². The normalized spacial score (nSPS) is 21.6. The predicted molar refractivity (Wildman–Crippen MR) is 451 cm³/mol. The van der Waals surface area contributed by atoms with Gasteiger partial charge in [0.1, 0.15) is 23.9 Å². The monoisotopic (exact) mass is 1880 g/mol. The second-order valence-corrected chi connectivity index (χ2v) is 45.1. The van der Waals surface area contributed by atoms with E-state index >= 15 is 0 Å². The van der Waals surface area contributed by atoms with Gasteiger partial charge in [-0.1, -0.05) is 98.7 Å². The van der Waals surface area contributed by atoms with Crippen molar-refractivity contribution in [1.29, 1.82) is 0 Å². The molecule has 3 aliphatic rings. The van der Waals surface area contributed by atoms with Crippen LogP contribution >= 0.6 is 0 Å². The summed E-state index contributed by atoms with van der Waals surface area (Å²) in [4.78, 5) is 7.94. The van der Waals surface area contributed by atoms with E-state index in [4.69, 9.17) is 42.6 Å². The number of benzene rings is 9. The van der Waals surface area contributed by atoms with Gasteiger partial charge in [-0.15, -0.1) is 0 Å². The van der Waals surface area contributed by atoms with Crippen molar-refractivity contribution in [2.45, 2.75) is 260 Å². The van der Waals surface area contributed by atoms with E-state index in [1.165, 1.54) is 55.8 Å². The third-order valence-electron chi connectivity index (χ3n) is 20.9. The van der Waals surface area contributed by atoms with Crippen LogP contribution in [0.15, 0.2) is 262 Å². The van der Waals surface area contributed by atoms with Crippen molar-refractivity contribution in [1.82, 2.24) is 0 Å². The van der Waals surface area contributed by atoms with Gasteiger partial charge < -0.3 is 51.6 Å². The average molecular weight is 1880 g/mol. The third kappa shape index (κ3) is 22.9. The van der Waals surface area contributed by atoms with E-state index in [2.05, 4.69) is 86.6 Å². The number of alkyl halides is 11. The summed E-state index contributed by atoms with van der Waals surface area (Å²) in [5.74, 6) is -4.17. The van der Waals surface area contributed by atoms with E-state index in [0.29, 0.717) is 17.7 Å². The van der Waals surface area contributed by atoms with Crippen molar-refractivity contribution in [3.63, 3.8) is 0 Å². The van der Waals surface area contributed by atoms with E-state index in [0.717, 1.165) is 88.4 Å². The lowest BCUT2D eigenvalue weighted by molar-refractivity contribution is -0.283. The van der Waals surface area contributed by atoms with Crippen LogP contribution < -0.4 is 14.2 Å². The van der Waals surface area contributed by atoms with Crippen molar-refractivity contribution >= 4 is 63.0 Å². The molecular weight excluding hydrogens is 1780 g/mol. The van der Waals surface area contributed by atoms with Crippen LogP contribution in [-0.4, -0.2) is 116 Å². The van der Waals surface area contributed by atoms with Gasteiger partial charge in [-0.05, 0) is 277 Å². The predicted octanol–water partition coefficient (Wildman–Crippen LogP) is 21.3. The number of hydrogen-bond acceptors (Lipinski definition) is 18. The lowest BCUT2D eigenvalue weighted by atomic mass is 9.87. The molecule has 0 radical (unpaired) electrons. The summed E-state index contributed by atoms with van der Waals surface area (Å²) in [7, 11) is -19.8. The van der Waals surface area contributed by atoms with Crippen LogP contribution in [0.3, 0.4) is 0 Å². The molecule has 0 spiro atoms. The molecule has 3 fully saturated rings. The molecule has 0 aromatic heterocycles. The topological polar surface area (TPSA) is 255 Å². The SMILES string of the molecule is CC(Oc1ccc([S+](c2ccc(C(C)(C)C)cc2)c2ccc(C3(C)OCC(C)(C(F)(F)F)O3)cc2)cc1)C(F)(F)S(=O)(=O)[O-].CC(Oc1ccc([S+](c2ccc(C(C)(C)C)cc2)c2ccc(C3(C)OCC(C)(C)O3)cc2)cc1)C(F)(F)S(=O)(=O)[O-].CC(Oc1ccc([S+](c2ccc(C(C)(C)C)cc2)c2ccc(C3(C)OCC(F)(F)O3)cc2)cc1)C(F)(F)S(=O)(=O)[O-]. The minimum Gasteiger partial charge on any atom is -0.743 e. The van der Waals surface area contributed by atoms with Gasteiger partial charge in [-0.2, -0.15) is 48.3 Å². The Morgan fingerprint density at radius 3 is 0.714 bits per heavy atom. The third-order valence-corrected chi connectivity index (χ3v) is 30.6. The van der Waals surface area contributed by atoms with Crippen LogP contribution in [0.2, 0.25) is 0 Å². The first-order valence-electron chi connectivity index (χ1n) is 39.4. The van der Waals surface area contributed by atoms with Crippen molar-refractivity contribution in [2.24, 2.45) is 0 Å². The molecule has 9 aromatic rings.